The molecule has 3 unspecified atom stereocenters. The lowest BCUT2D eigenvalue weighted by Crippen LogP contribution is -2.56. The van der Waals surface area contributed by atoms with Gasteiger partial charge >= 0.3 is 5.97 Å². The van der Waals surface area contributed by atoms with Gasteiger partial charge in [-0.1, -0.05) is 13.8 Å². The monoisotopic (exact) mass is 456 g/mol. The maximum absolute atomic E-state index is 12.9. The van der Waals surface area contributed by atoms with Gasteiger partial charge in [-0.25, -0.2) is 4.98 Å². The van der Waals surface area contributed by atoms with E-state index >= 15 is 0 Å². The SMILES string of the molecule is CSCCC(NC(=O)C(N)CC(C)C)C(=O)NC(Cc1cnc[nH]1)C(=O)NCC(=O)O. The number of nitrogens with two attached hydrogens (primary N) is 1. The van der Waals surface area contributed by atoms with Gasteiger partial charge in [0, 0.05) is 18.3 Å². The van der Waals surface area contributed by atoms with E-state index in [0.29, 0.717) is 24.3 Å². The first-order chi connectivity index (χ1) is 14.6. The minimum atomic E-state index is -1.20. The molecule has 0 fully saturated rings. The van der Waals surface area contributed by atoms with E-state index < -0.39 is 48.4 Å². The molecule has 0 bridgehead atoms. The molecule has 11 nitrogen and oxygen atoms in total. The van der Waals surface area contributed by atoms with Crippen molar-refractivity contribution in [2.75, 3.05) is 18.6 Å². The average molecular weight is 457 g/mol. The summed E-state index contributed by atoms with van der Waals surface area (Å²) in [4.78, 5) is 55.3. The van der Waals surface area contributed by atoms with Crippen molar-refractivity contribution in [3.63, 3.8) is 0 Å². The molecule has 1 aromatic rings. The fourth-order valence-corrected chi connectivity index (χ4v) is 3.25. The zero-order valence-electron chi connectivity index (χ0n) is 18.0. The van der Waals surface area contributed by atoms with E-state index in [4.69, 9.17) is 10.8 Å². The van der Waals surface area contributed by atoms with Crippen LogP contribution < -0.4 is 21.7 Å². The molecule has 12 heteroatoms. The largest absolute Gasteiger partial charge is 0.480 e. The second-order valence-electron chi connectivity index (χ2n) is 7.53. The van der Waals surface area contributed by atoms with Gasteiger partial charge in [0.2, 0.25) is 17.7 Å². The van der Waals surface area contributed by atoms with Crippen molar-refractivity contribution < 1.29 is 24.3 Å². The Bertz CT molecular complexity index is 727. The molecule has 0 saturated carbocycles. The normalized spacial score (nSPS) is 13.8. The average Bonchev–Trinajstić information content (AvgIpc) is 3.20. The van der Waals surface area contributed by atoms with Crippen LogP contribution in [0.2, 0.25) is 0 Å². The molecule has 0 saturated heterocycles. The maximum atomic E-state index is 12.9. The summed E-state index contributed by atoms with van der Waals surface area (Å²) in [5.74, 6) is -2.02. The van der Waals surface area contributed by atoms with E-state index in [-0.39, 0.29) is 12.3 Å². The summed E-state index contributed by atoms with van der Waals surface area (Å²) in [5, 5.41) is 16.4. The number of nitrogens with one attached hydrogen (secondary N) is 4. The molecule has 0 radical (unpaired) electrons. The zero-order chi connectivity index (χ0) is 23.4. The van der Waals surface area contributed by atoms with Crippen LogP contribution in [0, 0.1) is 5.92 Å². The topological polar surface area (TPSA) is 179 Å². The number of nitrogens with zero attached hydrogens (tertiary/aromatic N) is 1. The van der Waals surface area contributed by atoms with Gasteiger partial charge in [-0.05, 0) is 30.8 Å². The van der Waals surface area contributed by atoms with E-state index in [1.165, 1.54) is 24.3 Å². The highest BCUT2D eigenvalue weighted by Crippen LogP contribution is 2.07. The Morgan fingerprint density at radius 1 is 1.16 bits per heavy atom. The lowest BCUT2D eigenvalue weighted by atomic mass is 10.0. The molecule has 3 amide bonds. The van der Waals surface area contributed by atoms with Gasteiger partial charge in [0.25, 0.3) is 0 Å². The number of aromatic amines is 1. The first-order valence-electron chi connectivity index (χ1n) is 9.96. The minimum Gasteiger partial charge on any atom is -0.480 e. The van der Waals surface area contributed by atoms with Crippen molar-refractivity contribution in [2.45, 2.75) is 51.2 Å². The van der Waals surface area contributed by atoms with Crippen LogP contribution in [-0.4, -0.2) is 75.4 Å². The summed E-state index contributed by atoms with van der Waals surface area (Å²) >= 11 is 1.51. The Hall–Kier alpha value is -2.60. The number of thioether (sulfide) groups is 1. The van der Waals surface area contributed by atoms with Crippen LogP contribution in [0.1, 0.15) is 32.4 Å². The summed E-state index contributed by atoms with van der Waals surface area (Å²) in [6.07, 6.45) is 5.71. The summed E-state index contributed by atoms with van der Waals surface area (Å²) in [5.41, 5.74) is 6.51. The summed E-state index contributed by atoms with van der Waals surface area (Å²) in [7, 11) is 0. The van der Waals surface area contributed by atoms with Crippen LogP contribution in [0.4, 0.5) is 0 Å². The second-order valence-corrected chi connectivity index (χ2v) is 8.52. The van der Waals surface area contributed by atoms with E-state index in [9.17, 15) is 19.2 Å². The summed E-state index contributed by atoms with van der Waals surface area (Å²) in [6.45, 7) is 3.31. The van der Waals surface area contributed by atoms with Gasteiger partial charge in [0.05, 0.1) is 12.4 Å². The number of carboxylic acid groups (broad SMARTS) is 1. The number of rotatable bonds is 14. The van der Waals surface area contributed by atoms with Crippen molar-refractivity contribution in [1.29, 1.82) is 0 Å². The van der Waals surface area contributed by atoms with Gasteiger partial charge in [-0.15, -0.1) is 0 Å². The number of hydrogen-bond acceptors (Lipinski definition) is 7. The van der Waals surface area contributed by atoms with Crippen LogP contribution in [0.3, 0.4) is 0 Å². The van der Waals surface area contributed by atoms with Crippen LogP contribution in [0.15, 0.2) is 12.5 Å². The van der Waals surface area contributed by atoms with Gasteiger partial charge in [0.15, 0.2) is 0 Å². The third-order valence-corrected chi connectivity index (χ3v) is 4.98. The van der Waals surface area contributed by atoms with Crippen LogP contribution in [-0.2, 0) is 25.6 Å². The Labute approximate surface area is 185 Å². The minimum absolute atomic E-state index is 0.0766. The molecular formula is C19H32N6O5S. The Balaban J connectivity index is 2.89. The number of amides is 3. The van der Waals surface area contributed by atoms with E-state index in [2.05, 4.69) is 25.9 Å². The molecule has 31 heavy (non-hydrogen) atoms. The highest BCUT2D eigenvalue weighted by molar-refractivity contribution is 7.98. The first-order valence-corrected chi connectivity index (χ1v) is 11.3. The third kappa shape index (κ3) is 10.3. The molecule has 0 aliphatic rings. The molecule has 0 aliphatic heterocycles. The highest BCUT2D eigenvalue weighted by Gasteiger charge is 2.28. The van der Waals surface area contributed by atoms with Crippen molar-refractivity contribution in [3.05, 3.63) is 18.2 Å². The number of hydrogen-bond donors (Lipinski definition) is 6. The third-order valence-electron chi connectivity index (χ3n) is 4.33. The molecular weight excluding hydrogens is 424 g/mol. The number of carbonyl (C=O) groups excluding carboxylic acids is 3. The molecule has 0 aromatic carbocycles. The van der Waals surface area contributed by atoms with Crippen LogP contribution in [0.5, 0.6) is 0 Å². The smallest absolute Gasteiger partial charge is 0.322 e. The number of H-pyrrole nitrogens is 1. The van der Waals surface area contributed by atoms with Crippen LogP contribution >= 0.6 is 11.8 Å². The number of aromatic nitrogens is 2. The van der Waals surface area contributed by atoms with Gasteiger partial charge in [-0.3, -0.25) is 19.2 Å². The maximum Gasteiger partial charge on any atom is 0.322 e. The van der Waals surface area contributed by atoms with Gasteiger partial charge in [-0.2, -0.15) is 11.8 Å². The standard InChI is InChI=1S/C19H32N6O5S/c1-11(2)6-13(20)17(28)24-14(4-5-31-3)19(30)25-15(7-12-8-21-10-23-12)18(29)22-9-16(26)27/h8,10-11,13-15H,4-7,9,20H2,1-3H3,(H,21,23)(H,22,29)(H,24,28)(H,25,30)(H,26,27). The lowest BCUT2D eigenvalue weighted by Gasteiger charge is -2.24. The zero-order valence-corrected chi connectivity index (χ0v) is 18.8. The quantitative estimate of drug-likeness (QED) is 0.211. The van der Waals surface area contributed by atoms with Crippen molar-refractivity contribution in [3.8, 4) is 0 Å². The van der Waals surface area contributed by atoms with E-state index in [0.717, 1.165) is 0 Å². The molecule has 3 atom stereocenters. The van der Waals surface area contributed by atoms with Gasteiger partial charge < -0.3 is 31.8 Å². The molecule has 7 N–H and O–H groups in total. The predicted octanol–water partition coefficient (Wildman–Crippen LogP) is -0.751. The van der Waals surface area contributed by atoms with E-state index in [1.54, 1.807) is 0 Å². The Morgan fingerprint density at radius 2 is 1.84 bits per heavy atom. The summed E-state index contributed by atoms with van der Waals surface area (Å²) in [6, 6.07) is -2.68. The summed E-state index contributed by atoms with van der Waals surface area (Å²) < 4.78 is 0. The fourth-order valence-electron chi connectivity index (χ4n) is 2.78. The Morgan fingerprint density at radius 3 is 2.39 bits per heavy atom. The van der Waals surface area contributed by atoms with Crippen molar-refractivity contribution in [2.24, 2.45) is 11.7 Å². The fraction of sp³-hybridized carbons (Fsp3) is 0.632. The van der Waals surface area contributed by atoms with Crippen molar-refractivity contribution in [1.82, 2.24) is 25.9 Å². The van der Waals surface area contributed by atoms with E-state index in [1.807, 2.05) is 20.1 Å². The first kappa shape index (κ1) is 26.4. The lowest BCUT2D eigenvalue weighted by molar-refractivity contribution is -0.138. The molecule has 0 spiro atoms. The Kier molecular flexibility index (Phi) is 11.6. The molecule has 1 rings (SSSR count). The van der Waals surface area contributed by atoms with Gasteiger partial charge in [0.1, 0.15) is 18.6 Å². The molecule has 1 aromatic heterocycles. The number of carboxylic acids is 1. The molecule has 1 heterocycles. The number of carbonyl (C=O) groups is 4. The van der Waals surface area contributed by atoms with Crippen LogP contribution in [0.25, 0.3) is 0 Å². The molecule has 174 valence electrons. The number of aliphatic carboxylic acids is 1. The second kappa shape index (κ2) is 13.7. The van der Waals surface area contributed by atoms with Crippen molar-refractivity contribution >= 4 is 35.5 Å². The number of imidazole rings is 1. The molecule has 0 aliphatic carbocycles. The highest BCUT2D eigenvalue weighted by atomic mass is 32.2. The predicted molar refractivity (Wildman–Crippen MR) is 117 cm³/mol.